The molecule has 0 heterocycles. The molecule has 0 aromatic rings. The van der Waals surface area contributed by atoms with Gasteiger partial charge >= 0.3 is 13.6 Å². The van der Waals surface area contributed by atoms with Crippen molar-refractivity contribution in [1.29, 1.82) is 0 Å². The fraction of sp³-hybridized carbons (Fsp3) is 0.905. The summed E-state index contributed by atoms with van der Waals surface area (Å²) in [5.41, 5.74) is -1.27. The second-order valence-corrected chi connectivity index (χ2v) is 11.1. The van der Waals surface area contributed by atoms with E-state index in [-0.39, 0.29) is 44.1 Å². The largest absolute Gasteiger partial charge is 0.465 e. The van der Waals surface area contributed by atoms with Crippen LogP contribution >= 0.6 is 7.60 Å². The fourth-order valence-corrected chi connectivity index (χ4v) is 8.05. The van der Waals surface area contributed by atoms with Crippen LogP contribution in [0, 0.1) is 23.2 Å². The summed E-state index contributed by atoms with van der Waals surface area (Å²) in [5.74, 6) is 1.57. The van der Waals surface area contributed by atoms with Gasteiger partial charge in [0.05, 0.1) is 19.8 Å². The molecule has 0 saturated heterocycles. The molecule has 4 aliphatic carbocycles. The highest BCUT2D eigenvalue weighted by molar-refractivity contribution is 7.55. The Morgan fingerprint density at radius 2 is 1.48 bits per heavy atom. The average Bonchev–Trinajstić information content (AvgIpc) is 2.64. The molecule has 4 saturated carbocycles. The van der Waals surface area contributed by atoms with Gasteiger partial charge in [-0.1, -0.05) is 0 Å². The quantitative estimate of drug-likeness (QED) is 0.396. The predicted octanol–water partition coefficient (Wildman–Crippen LogP) is 3.91. The minimum atomic E-state index is -3.66. The van der Waals surface area contributed by atoms with Crippen molar-refractivity contribution in [2.45, 2.75) is 71.4 Å². The zero-order chi connectivity index (χ0) is 21.1. The minimum absolute atomic E-state index is 0.0989. The first-order valence-corrected chi connectivity index (χ1v) is 12.8. The van der Waals surface area contributed by atoms with Crippen molar-refractivity contribution in [2.75, 3.05) is 26.4 Å². The number of hydrogen-bond donors (Lipinski definition) is 1. The summed E-state index contributed by atoms with van der Waals surface area (Å²) < 4.78 is 29.0. The van der Waals surface area contributed by atoms with Gasteiger partial charge in [-0.05, 0) is 83.5 Å². The summed E-state index contributed by atoms with van der Waals surface area (Å²) in [6, 6.07) is 0. The normalized spacial score (nSPS) is 31.5. The van der Waals surface area contributed by atoms with E-state index in [1.807, 2.05) is 0 Å². The van der Waals surface area contributed by atoms with E-state index >= 15 is 0 Å². The number of esters is 1. The van der Waals surface area contributed by atoms with Crippen molar-refractivity contribution < 1.29 is 27.9 Å². The van der Waals surface area contributed by atoms with Crippen LogP contribution in [0.25, 0.3) is 0 Å². The van der Waals surface area contributed by atoms with Gasteiger partial charge in [0, 0.05) is 12.0 Å². The molecule has 1 atom stereocenters. The van der Waals surface area contributed by atoms with Crippen LogP contribution in [0.3, 0.4) is 0 Å². The lowest BCUT2D eigenvalue weighted by Gasteiger charge is -2.55. The predicted molar refractivity (Wildman–Crippen MR) is 110 cm³/mol. The molecule has 166 valence electrons. The van der Waals surface area contributed by atoms with Crippen LogP contribution in [0.4, 0.5) is 0 Å². The highest BCUT2D eigenvalue weighted by Gasteiger charge is 2.54. The van der Waals surface area contributed by atoms with Gasteiger partial charge in [-0.15, -0.1) is 0 Å². The van der Waals surface area contributed by atoms with E-state index in [0.29, 0.717) is 17.8 Å². The zero-order valence-corrected chi connectivity index (χ0v) is 18.9. The van der Waals surface area contributed by atoms with E-state index in [4.69, 9.17) is 13.8 Å². The number of ether oxygens (including phenoxy) is 1. The molecule has 0 radical (unpaired) electrons. The molecule has 7 nitrogen and oxygen atoms in total. The van der Waals surface area contributed by atoms with Crippen molar-refractivity contribution in [3.05, 3.63) is 0 Å². The molecular formula is C21H36NO6P. The maximum absolute atomic E-state index is 13.2. The Morgan fingerprint density at radius 3 is 1.93 bits per heavy atom. The summed E-state index contributed by atoms with van der Waals surface area (Å²) in [6.45, 7) is 5.92. The molecule has 4 aliphatic rings. The first-order chi connectivity index (χ1) is 13.9. The van der Waals surface area contributed by atoms with Crippen LogP contribution in [0.15, 0.2) is 0 Å². The van der Waals surface area contributed by atoms with Gasteiger partial charge in [0.2, 0.25) is 5.91 Å². The number of amides is 1. The van der Waals surface area contributed by atoms with Crippen LogP contribution in [0.2, 0.25) is 0 Å². The Balaban J connectivity index is 1.62. The average molecular weight is 429 g/mol. The Hall–Kier alpha value is -0.910. The molecule has 0 aromatic heterocycles. The standard InChI is InChI=1S/C21H36NO6P/c1-4-26-19(23)18(29(25,27-5-2)28-6-3)7-8-22-20(24)21-12-15-9-16(13-21)11-17(10-15)14-21/h15-18H,4-14H2,1-3H3,(H,22,24). The Kier molecular flexibility index (Phi) is 7.45. The molecule has 0 spiro atoms. The molecule has 4 bridgehead atoms. The highest BCUT2D eigenvalue weighted by Crippen LogP contribution is 2.60. The Labute approximate surface area is 174 Å². The van der Waals surface area contributed by atoms with Crippen LogP contribution in [0.5, 0.6) is 0 Å². The van der Waals surface area contributed by atoms with Crippen molar-refractivity contribution in [3.8, 4) is 0 Å². The monoisotopic (exact) mass is 429 g/mol. The lowest BCUT2D eigenvalue weighted by Crippen LogP contribution is -2.53. The first kappa shape index (κ1) is 22.8. The maximum atomic E-state index is 13.2. The summed E-state index contributed by atoms with van der Waals surface area (Å²) in [7, 11) is -3.66. The maximum Gasteiger partial charge on any atom is 0.344 e. The van der Waals surface area contributed by atoms with Gasteiger partial charge in [-0.2, -0.15) is 0 Å². The molecule has 1 amide bonds. The molecule has 1 N–H and O–H groups in total. The molecular weight excluding hydrogens is 393 g/mol. The minimum Gasteiger partial charge on any atom is -0.465 e. The Morgan fingerprint density at radius 1 is 0.966 bits per heavy atom. The van der Waals surface area contributed by atoms with Crippen LogP contribution < -0.4 is 5.32 Å². The van der Waals surface area contributed by atoms with Crippen molar-refractivity contribution in [3.63, 3.8) is 0 Å². The van der Waals surface area contributed by atoms with Gasteiger partial charge in [0.15, 0.2) is 5.66 Å². The van der Waals surface area contributed by atoms with Crippen LogP contribution in [-0.4, -0.2) is 43.9 Å². The molecule has 0 aromatic carbocycles. The summed E-state index contributed by atoms with van der Waals surface area (Å²) >= 11 is 0. The third-order valence-corrected chi connectivity index (χ3v) is 9.25. The smallest absolute Gasteiger partial charge is 0.344 e. The van der Waals surface area contributed by atoms with Crippen molar-refractivity contribution >= 4 is 19.5 Å². The van der Waals surface area contributed by atoms with Crippen molar-refractivity contribution in [1.82, 2.24) is 5.32 Å². The molecule has 4 fully saturated rings. The second-order valence-electron chi connectivity index (χ2n) is 8.89. The van der Waals surface area contributed by atoms with Crippen LogP contribution in [-0.2, 0) is 27.9 Å². The second kappa shape index (κ2) is 9.49. The Bertz CT molecular complexity index is 606. The third-order valence-electron chi connectivity index (χ3n) is 6.78. The number of nitrogens with one attached hydrogen (secondary N) is 1. The molecule has 8 heteroatoms. The van der Waals surface area contributed by atoms with Crippen LogP contribution in [0.1, 0.15) is 65.7 Å². The topological polar surface area (TPSA) is 90.9 Å². The summed E-state index contributed by atoms with van der Waals surface area (Å²) in [5, 5.41) is 3.04. The first-order valence-electron chi connectivity index (χ1n) is 11.2. The fourth-order valence-electron chi connectivity index (χ4n) is 6.12. The summed E-state index contributed by atoms with van der Waals surface area (Å²) in [4.78, 5) is 25.6. The lowest BCUT2D eigenvalue weighted by molar-refractivity contribution is -0.147. The van der Waals surface area contributed by atoms with Gasteiger partial charge in [0.25, 0.3) is 0 Å². The van der Waals surface area contributed by atoms with E-state index in [2.05, 4.69) is 5.32 Å². The molecule has 0 aliphatic heterocycles. The van der Waals surface area contributed by atoms with Gasteiger partial charge in [-0.25, -0.2) is 0 Å². The number of carbonyl (C=O) groups is 2. The van der Waals surface area contributed by atoms with Gasteiger partial charge in [-0.3, -0.25) is 14.2 Å². The number of rotatable bonds is 11. The highest BCUT2D eigenvalue weighted by atomic mass is 31.2. The van der Waals surface area contributed by atoms with E-state index < -0.39 is 19.2 Å². The third kappa shape index (κ3) is 4.88. The molecule has 4 rings (SSSR count). The van der Waals surface area contributed by atoms with E-state index in [1.54, 1.807) is 20.8 Å². The van der Waals surface area contributed by atoms with E-state index in [0.717, 1.165) is 19.3 Å². The van der Waals surface area contributed by atoms with Gasteiger partial charge in [0.1, 0.15) is 0 Å². The number of carbonyl (C=O) groups excluding carboxylic acids is 2. The van der Waals surface area contributed by atoms with Crippen molar-refractivity contribution in [2.24, 2.45) is 23.2 Å². The molecule has 1 unspecified atom stereocenters. The molecule has 29 heavy (non-hydrogen) atoms. The summed E-state index contributed by atoms with van der Waals surface area (Å²) in [6.07, 6.45) is 6.98. The zero-order valence-electron chi connectivity index (χ0n) is 18.0. The van der Waals surface area contributed by atoms with E-state index in [9.17, 15) is 14.2 Å². The van der Waals surface area contributed by atoms with E-state index in [1.165, 1.54) is 19.3 Å². The van der Waals surface area contributed by atoms with Gasteiger partial charge < -0.3 is 19.1 Å². The SMILES string of the molecule is CCOC(=O)C(CCNC(=O)C12CC3CC(CC(C3)C1)C2)P(=O)(OCC)OCC. The number of hydrogen-bond acceptors (Lipinski definition) is 6. The lowest BCUT2D eigenvalue weighted by atomic mass is 9.49.